The average molecular weight is 590 g/mol. The zero-order chi connectivity index (χ0) is 29.7. The van der Waals surface area contributed by atoms with Crippen LogP contribution < -0.4 is 4.74 Å². The summed E-state index contributed by atoms with van der Waals surface area (Å²) in [6.45, 7) is 2.17. The van der Waals surface area contributed by atoms with Gasteiger partial charge in [-0.25, -0.2) is 9.18 Å². The second-order valence-corrected chi connectivity index (χ2v) is 12.8. The third-order valence-corrected chi connectivity index (χ3v) is 9.85. The van der Waals surface area contributed by atoms with Crippen molar-refractivity contribution in [2.45, 2.75) is 63.4 Å². The van der Waals surface area contributed by atoms with Crippen molar-refractivity contribution in [2.24, 2.45) is 0 Å². The molecule has 9 nitrogen and oxygen atoms in total. The van der Waals surface area contributed by atoms with Crippen molar-refractivity contribution < 1.29 is 31.8 Å². The first-order valence-corrected chi connectivity index (χ1v) is 15.2. The molecule has 4 rings (SSSR count). The summed E-state index contributed by atoms with van der Waals surface area (Å²) in [5.74, 6) is 0.411. The fourth-order valence-electron chi connectivity index (χ4n) is 5.69. The number of carbonyl (C=O) groups excluding carboxylic acids is 1. The SMILES string of the molecule is COC(=O)N1[C@H](C)C[C@H](N(Cc2ccc(OC)cc2)S(=O)(=O)N(C)C)[C@@H]1COC1CC=C(c2cccc(F)c2)CC1. The molecule has 0 saturated carbocycles. The van der Waals surface area contributed by atoms with Gasteiger partial charge in [0.1, 0.15) is 11.6 Å². The van der Waals surface area contributed by atoms with Gasteiger partial charge in [-0.05, 0) is 73.6 Å². The topological polar surface area (TPSA) is 88.6 Å². The van der Waals surface area contributed by atoms with Crippen molar-refractivity contribution in [3.63, 3.8) is 0 Å². The molecule has 0 radical (unpaired) electrons. The fourth-order valence-corrected chi connectivity index (χ4v) is 6.99. The quantitative estimate of drug-likeness (QED) is 0.400. The molecule has 0 spiro atoms. The molecule has 1 heterocycles. The second-order valence-electron chi connectivity index (χ2n) is 10.7. The standard InChI is InChI=1S/C30H40FN3O6S/c1-21-17-28(33(41(36,37)32(2)3)19-22-9-13-26(38-4)14-10-22)29(34(21)30(35)39-5)20-40-27-15-11-23(12-16-27)24-7-6-8-25(31)18-24/h6-11,13-14,18,21,27-29H,12,15-17,19-20H2,1-5H3/t21-,27?,28+,29+/m1/s1. The maximum absolute atomic E-state index is 13.7. The van der Waals surface area contributed by atoms with Gasteiger partial charge in [-0.2, -0.15) is 17.0 Å². The van der Waals surface area contributed by atoms with Crippen LogP contribution in [0.5, 0.6) is 5.75 Å². The van der Waals surface area contributed by atoms with E-state index in [1.165, 1.54) is 41.9 Å². The van der Waals surface area contributed by atoms with E-state index >= 15 is 0 Å². The summed E-state index contributed by atoms with van der Waals surface area (Å²) in [5, 5.41) is 0. The Bertz CT molecular complexity index is 1330. The summed E-state index contributed by atoms with van der Waals surface area (Å²) < 4.78 is 60.4. The van der Waals surface area contributed by atoms with Gasteiger partial charge >= 0.3 is 6.09 Å². The Labute approximate surface area is 242 Å². The van der Waals surface area contributed by atoms with Crippen LogP contribution in [-0.2, 0) is 26.2 Å². The van der Waals surface area contributed by atoms with Gasteiger partial charge in [-0.15, -0.1) is 0 Å². The van der Waals surface area contributed by atoms with Crippen LogP contribution in [-0.4, -0.2) is 87.2 Å². The number of carbonyl (C=O) groups is 1. The third-order valence-electron chi connectivity index (χ3n) is 7.93. The number of methoxy groups -OCH3 is 2. The number of benzene rings is 2. The molecule has 1 aliphatic carbocycles. The lowest BCUT2D eigenvalue weighted by molar-refractivity contribution is 0.000117. The molecule has 1 amide bonds. The van der Waals surface area contributed by atoms with E-state index in [2.05, 4.69) is 6.08 Å². The highest BCUT2D eigenvalue weighted by molar-refractivity contribution is 7.86. The van der Waals surface area contributed by atoms with Crippen molar-refractivity contribution in [1.82, 2.24) is 13.5 Å². The van der Waals surface area contributed by atoms with Crippen LogP contribution in [0.4, 0.5) is 9.18 Å². The molecule has 41 heavy (non-hydrogen) atoms. The van der Waals surface area contributed by atoms with Gasteiger partial charge in [0.05, 0.1) is 39.0 Å². The van der Waals surface area contributed by atoms with Crippen LogP contribution >= 0.6 is 0 Å². The van der Waals surface area contributed by atoms with Crippen LogP contribution in [0.3, 0.4) is 0 Å². The first-order valence-electron chi connectivity index (χ1n) is 13.8. The number of rotatable bonds is 10. The molecule has 1 unspecified atom stereocenters. The predicted molar refractivity (Wildman–Crippen MR) is 155 cm³/mol. The fraction of sp³-hybridized carbons (Fsp3) is 0.500. The van der Waals surface area contributed by atoms with Gasteiger partial charge in [0, 0.05) is 26.7 Å². The number of hydrogen-bond donors (Lipinski definition) is 0. The molecule has 224 valence electrons. The van der Waals surface area contributed by atoms with Crippen LogP contribution in [0.25, 0.3) is 5.57 Å². The number of amides is 1. The molecule has 4 atom stereocenters. The average Bonchev–Trinajstić information content (AvgIpc) is 3.29. The lowest BCUT2D eigenvalue weighted by Gasteiger charge is -2.36. The second kappa shape index (κ2) is 13.3. The Morgan fingerprint density at radius 1 is 1.12 bits per heavy atom. The van der Waals surface area contributed by atoms with E-state index in [4.69, 9.17) is 14.2 Å². The van der Waals surface area contributed by atoms with E-state index in [-0.39, 0.29) is 31.1 Å². The Kier molecular flexibility index (Phi) is 10.1. The number of likely N-dealkylation sites (tertiary alicyclic amines) is 1. The molecular weight excluding hydrogens is 549 g/mol. The summed E-state index contributed by atoms with van der Waals surface area (Å²) >= 11 is 0. The molecule has 2 aliphatic rings. The van der Waals surface area contributed by atoms with Crippen molar-refractivity contribution in [1.29, 1.82) is 0 Å². The molecule has 0 bridgehead atoms. The number of hydrogen-bond acceptors (Lipinski definition) is 6. The van der Waals surface area contributed by atoms with Crippen LogP contribution in [0.2, 0.25) is 0 Å². The highest BCUT2D eigenvalue weighted by Crippen LogP contribution is 2.34. The van der Waals surface area contributed by atoms with Crippen molar-refractivity contribution >= 4 is 21.9 Å². The molecule has 1 saturated heterocycles. The lowest BCUT2D eigenvalue weighted by Crippen LogP contribution is -2.53. The summed E-state index contributed by atoms with van der Waals surface area (Å²) in [5.41, 5.74) is 2.74. The Morgan fingerprint density at radius 2 is 1.85 bits per heavy atom. The Morgan fingerprint density at radius 3 is 2.44 bits per heavy atom. The zero-order valence-electron chi connectivity index (χ0n) is 24.3. The minimum atomic E-state index is -3.87. The van der Waals surface area contributed by atoms with E-state index in [9.17, 15) is 17.6 Å². The van der Waals surface area contributed by atoms with Gasteiger partial charge in [0.15, 0.2) is 0 Å². The summed E-state index contributed by atoms with van der Waals surface area (Å²) in [6, 6.07) is 12.5. The smallest absolute Gasteiger partial charge is 0.410 e. The summed E-state index contributed by atoms with van der Waals surface area (Å²) in [6.07, 6.45) is 3.99. The van der Waals surface area contributed by atoms with Crippen molar-refractivity contribution in [3.05, 3.63) is 71.6 Å². The third kappa shape index (κ3) is 7.09. The maximum Gasteiger partial charge on any atom is 0.410 e. The molecule has 11 heteroatoms. The largest absolute Gasteiger partial charge is 0.497 e. The Balaban J connectivity index is 1.57. The van der Waals surface area contributed by atoms with Gasteiger partial charge in [-0.3, -0.25) is 4.90 Å². The molecule has 2 aromatic rings. The van der Waals surface area contributed by atoms with E-state index in [0.29, 0.717) is 18.6 Å². The molecule has 1 fully saturated rings. The van der Waals surface area contributed by atoms with E-state index in [0.717, 1.165) is 29.5 Å². The predicted octanol–water partition coefficient (Wildman–Crippen LogP) is 4.69. The molecule has 0 aromatic heterocycles. The summed E-state index contributed by atoms with van der Waals surface area (Å²) in [4.78, 5) is 14.5. The first kappa shape index (κ1) is 31.0. The monoisotopic (exact) mass is 589 g/mol. The normalized spacial score (nSPS) is 23.1. The minimum Gasteiger partial charge on any atom is -0.497 e. The van der Waals surface area contributed by atoms with Crippen molar-refractivity contribution in [2.75, 3.05) is 34.9 Å². The van der Waals surface area contributed by atoms with Gasteiger partial charge in [-0.1, -0.05) is 30.3 Å². The van der Waals surface area contributed by atoms with Gasteiger partial charge in [0.2, 0.25) is 0 Å². The highest BCUT2D eigenvalue weighted by atomic mass is 32.2. The molecule has 2 aromatic carbocycles. The van der Waals surface area contributed by atoms with Gasteiger partial charge in [0.25, 0.3) is 10.2 Å². The maximum atomic E-state index is 13.7. The number of halogens is 1. The van der Waals surface area contributed by atoms with Crippen molar-refractivity contribution in [3.8, 4) is 5.75 Å². The Hall–Kier alpha value is -2.99. The van der Waals surface area contributed by atoms with E-state index in [1.54, 1.807) is 30.2 Å². The summed E-state index contributed by atoms with van der Waals surface area (Å²) in [7, 11) is 2.04. The molecule has 1 aliphatic heterocycles. The van der Waals surface area contributed by atoms with Crippen LogP contribution in [0, 0.1) is 5.82 Å². The molecule has 0 N–H and O–H groups in total. The van der Waals surface area contributed by atoms with Crippen LogP contribution in [0.15, 0.2) is 54.6 Å². The van der Waals surface area contributed by atoms with Gasteiger partial charge < -0.3 is 14.2 Å². The number of nitrogens with zero attached hydrogens (tertiary/aromatic N) is 3. The lowest BCUT2D eigenvalue weighted by atomic mass is 9.92. The van der Waals surface area contributed by atoms with Crippen LogP contribution in [0.1, 0.15) is 43.7 Å². The zero-order valence-corrected chi connectivity index (χ0v) is 25.1. The number of allylic oxidation sites excluding steroid dienone is 1. The molecular formula is C30H40FN3O6S. The minimum absolute atomic E-state index is 0.108. The highest BCUT2D eigenvalue weighted by Gasteiger charge is 2.49. The first-order chi connectivity index (χ1) is 19.5. The number of ether oxygens (including phenoxy) is 3. The van der Waals surface area contributed by atoms with E-state index in [1.807, 2.05) is 25.1 Å². The van der Waals surface area contributed by atoms with E-state index < -0.39 is 28.4 Å².